The SMILES string of the molecule is Cc1ccc2c(c1)C1(SCCN1C(=O)Nc1ccccc1)C(=O)N2Cc1ccc(F)c(F)c1. The molecule has 2 heterocycles. The fraction of sp³-hybridized carbons (Fsp3) is 0.200. The molecular formula is C25H21F2N3O2S. The molecule has 5 nitrogen and oxygen atoms in total. The van der Waals surface area contributed by atoms with Crippen molar-refractivity contribution in [3.63, 3.8) is 0 Å². The van der Waals surface area contributed by atoms with Crippen molar-refractivity contribution in [2.24, 2.45) is 0 Å². The van der Waals surface area contributed by atoms with Crippen LogP contribution >= 0.6 is 11.8 Å². The van der Waals surface area contributed by atoms with Gasteiger partial charge in [0.1, 0.15) is 0 Å². The molecule has 0 radical (unpaired) electrons. The van der Waals surface area contributed by atoms with Crippen molar-refractivity contribution in [2.45, 2.75) is 18.3 Å². The molecular weight excluding hydrogens is 444 g/mol. The van der Waals surface area contributed by atoms with Gasteiger partial charge in [-0.2, -0.15) is 0 Å². The van der Waals surface area contributed by atoms with E-state index in [0.29, 0.717) is 29.2 Å². The van der Waals surface area contributed by atoms with E-state index in [0.717, 1.165) is 23.3 Å². The number of para-hydroxylation sites is 1. The summed E-state index contributed by atoms with van der Waals surface area (Å²) in [7, 11) is 0. The van der Waals surface area contributed by atoms with Gasteiger partial charge in [0.05, 0.1) is 12.2 Å². The molecule has 0 saturated carbocycles. The highest BCUT2D eigenvalue weighted by Gasteiger charge is 2.59. The Morgan fingerprint density at radius 1 is 1.06 bits per heavy atom. The first-order chi connectivity index (χ1) is 15.9. The van der Waals surface area contributed by atoms with E-state index in [2.05, 4.69) is 5.32 Å². The molecule has 1 N–H and O–H groups in total. The molecule has 3 amide bonds. The van der Waals surface area contributed by atoms with Gasteiger partial charge in [-0.25, -0.2) is 13.6 Å². The number of hydrogen-bond acceptors (Lipinski definition) is 3. The van der Waals surface area contributed by atoms with Crippen LogP contribution in [0.15, 0.2) is 66.7 Å². The lowest BCUT2D eigenvalue weighted by molar-refractivity contribution is -0.123. The van der Waals surface area contributed by atoms with E-state index in [9.17, 15) is 18.4 Å². The van der Waals surface area contributed by atoms with Crippen LogP contribution in [0.1, 0.15) is 16.7 Å². The molecule has 1 saturated heterocycles. The smallest absolute Gasteiger partial charge is 0.308 e. The first kappa shape index (κ1) is 21.5. The number of aryl methyl sites for hydroxylation is 1. The number of fused-ring (bicyclic) bond motifs is 2. The first-order valence-corrected chi connectivity index (χ1v) is 11.5. The molecule has 5 rings (SSSR count). The van der Waals surface area contributed by atoms with Gasteiger partial charge in [-0.05, 0) is 42.8 Å². The number of amides is 3. The van der Waals surface area contributed by atoms with Gasteiger partial charge in [-0.3, -0.25) is 9.69 Å². The zero-order valence-electron chi connectivity index (χ0n) is 17.8. The predicted molar refractivity (Wildman–Crippen MR) is 125 cm³/mol. The number of urea groups is 1. The van der Waals surface area contributed by atoms with Gasteiger partial charge in [0.25, 0.3) is 5.91 Å². The van der Waals surface area contributed by atoms with Crippen molar-refractivity contribution >= 4 is 35.1 Å². The second kappa shape index (κ2) is 8.19. The summed E-state index contributed by atoms with van der Waals surface area (Å²) < 4.78 is 27.2. The second-order valence-electron chi connectivity index (χ2n) is 8.10. The number of carbonyl (C=O) groups excluding carboxylic acids is 2. The molecule has 8 heteroatoms. The van der Waals surface area contributed by atoms with Crippen molar-refractivity contribution in [1.29, 1.82) is 0 Å². The summed E-state index contributed by atoms with van der Waals surface area (Å²) in [5.41, 5.74) is 3.48. The fourth-order valence-corrected chi connectivity index (χ4v) is 5.87. The Morgan fingerprint density at radius 2 is 1.85 bits per heavy atom. The maximum atomic E-state index is 13.9. The van der Waals surface area contributed by atoms with Crippen LogP contribution in [0, 0.1) is 18.6 Å². The Kier molecular flexibility index (Phi) is 5.32. The van der Waals surface area contributed by atoms with E-state index in [4.69, 9.17) is 0 Å². The number of nitrogens with zero attached hydrogens (tertiary/aromatic N) is 2. The van der Waals surface area contributed by atoms with Gasteiger partial charge in [0, 0.05) is 23.5 Å². The Bertz CT molecular complexity index is 1250. The summed E-state index contributed by atoms with van der Waals surface area (Å²) >= 11 is 1.42. The minimum atomic E-state index is -1.21. The highest BCUT2D eigenvalue weighted by atomic mass is 32.2. The topological polar surface area (TPSA) is 52.7 Å². The Labute approximate surface area is 194 Å². The van der Waals surface area contributed by atoms with Crippen molar-refractivity contribution in [2.75, 3.05) is 22.5 Å². The van der Waals surface area contributed by atoms with E-state index in [-0.39, 0.29) is 18.5 Å². The quantitative estimate of drug-likeness (QED) is 0.575. The zero-order valence-corrected chi connectivity index (χ0v) is 18.7. The van der Waals surface area contributed by atoms with E-state index >= 15 is 0 Å². The van der Waals surface area contributed by atoms with Crippen LogP contribution in [0.25, 0.3) is 0 Å². The maximum Gasteiger partial charge on any atom is 0.323 e. The van der Waals surface area contributed by atoms with Crippen LogP contribution in [0.4, 0.5) is 25.0 Å². The van der Waals surface area contributed by atoms with Crippen molar-refractivity contribution in [3.8, 4) is 0 Å². The second-order valence-corrected chi connectivity index (χ2v) is 9.39. The molecule has 2 aliphatic rings. The van der Waals surface area contributed by atoms with Crippen LogP contribution in [-0.4, -0.2) is 29.1 Å². The van der Waals surface area contributed by atoms with Crippen LogP contribution < -0.4 is 10.2 Å². The van der Waals surface area contributed by atoms with Gasteiger partial charge in [0.15, 0.2) is 16.5 Å². The number of anilines is 2. The largest absolute Gasteiger partial charge is 0.323 e. The molecule has 3 aromatic carbocycles. The molecule has 0 bridgehead atoms. The summed E-state index contributed by atoms with van der Waals surface area (Å²) in [4.78, 5) is 29.2. The van der Waals surface area contributed by atoms with Crippen molar-refractivity contribution in [3.05, 3.63) is 95.1 Å². The van der Waals surface area contributed by atoms with Gasteiger partial charge in [0.2, 0.25) is 0 Å². The number of hydrogen-bond donors (Lipinski definition) is 1. The monoisotopic (exact) mass is 465 g/mol. The molecule has 3 aromatic rings. The Balaban J connectivity index is 1.54. The lowest BCUT2D eigenvalue weighted by Crippen LogP contribution is -2.51. The molecule has 0 aliphatic carbocycles. The van der Waals surface area contributed by atoms with Gasteiger partial charge >= 0.3 is 6.03 Å². The van der Waals surface area contributed by atoms with Crippen LogP contribution in [-0.2, 0) is 16.2 Å². The van der Waals surface area contributed by atoms with Crippen LogP contribution in [0.2, 0.25) is 0 Å². The first-order valence-electron chi connectivity index (χ1n) is 10.5. The number of benzene rings is 3. The van der Waals surface area contributed by atoms with Gasteiger partial charge < -0.3 is 10.2 Å². The summed E-state index contributed by atoms with van der Waals surface area (Å²) in [5.74, 6) is -1.56. The van der Waals surface area contributed by atoms with Gasteiger partial charge in [-0.15, -0.1) is 11.8 Å². The number of nitrogens with one attached hydrogen (secondary N) is 1. The average Bonchev–Trinajstić information content (AvgIpc) is 3.34. The molecule has 1 fully saturated rings. The Hall–Kier alpha value is -3.39. The lowest BCUT2D eigenvalue weighted by atomic mass is 10.0. The predicted octanol–water partition coefficient (Wildman–Crippen LogP) is 5.25. The van der Waals surface area contributed by atoms with Crippen LogP contribution in [0.5, 0.6) is 0 Å². The van der Waals surface area contributed by atoms with Crippen LogP contribution in [0.3, 0.4) is 0 Å². The van der Waals surface area contributed by atoms with E-state index in [1.165, 1.54) is 17.8 Å². The lowest BCUT2D eigenvalue weighted by Gasteiger charge is -2.33. The molecule has 0 aromatic heterocycles. The standard InChI is InChI=1S/C25H21F2N3O2S/c1-16-7-10-22-19(13-16)25(23(31)29(22)15-17-8-9-20(26)21(27)14-17)30(11-12-33-25)24(32)28-18-5-3-2-4-6-18/h2-10,13-14H,11-12,15H2,1H3,(H,28,32). The summed E-state index contributed by atoms with van der Waals surface area (Å²) in [6, 6.07) is 18.0. The van der Waals surface area contributed by atoms with Gasteiger partial charge in [-0.1, -0.05) is 42.0 Å². The molecule has 2 aliphatic heterocycles. The summed E-state index contributed by atoms with van der Waals surface area (Å²) in [6.07, 6.45) is 0. The third-order valence-corrected chi connectivity index (χ3v) is 7.36. The zero-order chi connectivity index (χ0) is 23.2. The van der Waals surface area contributed by atoms with Crippen molar-refractivity contribution < 1.29 is 18.4 Å². The van der Waals surface area contributed by atoms with E-state index < -0.39 is 16.5 Å². The number of rotatable bonds is 3. The minimum Gasteiger partial charge on any atom is -0.308 e. The molecule has 1 atom stereocenters. The molecule has 1 unspecified atom stereocenters. The third kappa shape index (κ3) is 3.54. The highest BCUT2D eigenvalue weighted by Crippen LogP contribution is 2.54. The number of halogens is 2. The number of carbonyl (C=O) groups is 2. The summed E-state index contributed by atoms with van der Waals surface area (Å²) in [6.45, 7) is 2.41. The highest BCUT2D eigenvalue weighted by molar-refractivity contribution is 8.01. The number of thioether (sulfide) groups is 1. The fourth-order valence-electron chi connectivity index (χ4n) is 4.42. The average molecular weight is 466 g/mol. The van der Waals surface area contributed by atoms with E-state index in [1.807, 2.05) is 43.3 Å². The maximum absolute atomic E-state index is 13.9. The van der Waals surface area contributed by atoms with E-state index in [1.54, 1.807) is 21.9 Å². The normalized spacial score (nSPS) is 19.3. The molecule has 33 heavy (non-hydrogen) atoms. The Morgan fingerprint density at radius 3 is 2.61 bits per heavy atom. The molecule has 168 valence electrons. The van der Waals surface area contributed by atoms with Crippen molar-refractivity contribution in [1.82, 2.24) is 4.90 Å². The minimum absolute atomic E-state index is 0.0720. The summed E-state index contributed by atoms with van der Waals surface area (Å²) in [5, 5.41) is 2.89. The molecule has 1 spiro atoms. The third-order valence-electron chi connectivity index (χ3n) is 5.94.